The van der Waals surface area contributed by atoms with Gasteiger partial charge in [0.15, 0.2) is 5.16 Å². The van der Waals surface area contributed by atoms with Gasteiger partial charge in [-0.05, 0) is 42.9 Å². The molecule has 2 aromatic rings. The number of amides is 1. The number of carbonyl (C=O) groups excluding carboxylic acids is 1. The van der Waals surface area contributed by atoms with Gasteiger partial charge in [-0.2, -0.15) is 5.10 Å². The molecule has 1 fully saturated rings. The maximum absolute atomic E-state index is 12.5. The summed E-state index contributed by atoms with van der Waals surface area (Å²) in [5.74, 6) is 2.26. The van der Waals surface area contributed by atoms with Gasteiger partial charge in [0.1, 0.15) is 6.33 Å². The zero-order valence-corrected chi connectivity index (χ0v) is 17.1. The summed E-state index contributed by atoms with van der Waals surface area (Å²) in [6.07, 6.45) is 2.81. The SMILES string of the molecule is CC1CC(C)CN(CC(C)NC(=O)c2ccc(CSc3ncn[nH]3)cc2)C1. The van der Waals surface area contributed by atoms with Crippen molar-refractivity contribution < 1.29 is 4.79 Å². The molecule has 1 aromatic heterocycles. The quantitative estimate of drug-likeness (QED) is 0.714. The number of thioether (sulfide) groups is 1. The van der Waals surface area contributed by atoms with E-state index >= 15 is 0 Å². The third-order valence-corrected chi connectivity index (χ3v) is 5.79. The molecule has 1 aliphatic rings. The lowest BCUT2D eigenvalue weighted by molar-refractivity contribution is 0.0905. The summed E-state index contributed by atoms with van der Waals surface area (Å²) in [6.45, 7) is 9.88. The molecule has 3 atom stereocenters. The van der Waals surface area contributed by atoms with Gasteiger partial charge in [0.2, 0.25) is 0 Å². The summed E-state index contributed by atoms with van der Waals surface area (Å²) in [5.41, 5.74) is 1.85. The van der Waals surface area contributed by atoms with E-state index in [2.05, 4.69) is 46.2 Å². The lowest BCUT2D eigenvalue weighted by Gasteiger charge is -2.36. The Hall–Kier alpha value is -1.86. The van der Waals surface area contributed by atoms with Gasteiger partial charge in [-0.15, -0.1) is 0 Å². The topological polar surface area (TPSA) is 73.9 Å². The molecule has 1 saturated heterocycles. The maximum Gasteiger partial charge on any atom is 0.251 e. The normalized spacial score (nSPS) is 21.7. The molecular weight excluding hydrogens is 358 g/mol. The number of H-pyrrole nitrogens is 1. The predicted molar refractivity (Wildman–Crippen MR) is 109 cm³/mol. The fourth-order valence-corrected chi connectivity index (χ4v) is 4.58. The van der Waals surface area contributed by atoms with Crippen LogP contribution < -0.4 is 5.32 Å². The summed E-state index contributed by atoms with van der Waals surface area (Å²) in [7, 11) is 0. The summed E-state index contributed by atoms with van der Waals surface area (Å²) in [6, 6.07) is 7.91. The van der Waals surface area contributed by atoms with Crippen LogP contribution in [0.5, 0.6) is 0 Å². The predicted octanol–water partition coefficient (Wildman–Crippen LogP) is 3.19. The van der Waals surface area contributed by atoms with Crippen LogP contribution in [0.25, 0.3) is 0 Å². The van der Waals surface area contributed by atoms with E-state index in [-0.39, 0.29) is 11.9 Å². The van der Waals surface area contributed by atoms with Gasteiger partial charge >= 0.3 is 0 Å². The molecule has 0 radical (unpaired) electrons. The number of likely N-dealkylation sites (tertiary alicyclic amines) is 1. The zero-order valence-electron chi connectivity index (χ0n) is 16.3. The second-order valence-electron chi connectivity index (χ2n) is 7.82. The minimum Gasteiger partial charge on any atom is -0.348 e. The van der Waals surface area contributed by atoms with Crippen molar-refractivity contribution in [2.24, 2.45) is 11.8 Å². The average molecular weight is 388 g/mol. The van der Waals surface area contributed by atoms with Crippen LogP contribution in [-0.4, -0.2) is 51.7 Å². The number of carbonyl (C=O) groups is 1. The second-order valence-corrected chi connectivity index (χ2v) is 8.78. The van der Waals surface area contributed by atoms with Crippen LogP contribution in [0.2, 0.25) is 0 Å². The van der Waals surface area contributed by atoms with Crippen molar-refractivity contribution >= 4 is 17.7 Å². The summed E-state index contributed by atoms with van der Waals surface area (Å²) < 4.78 is 0. The Bertz CT molecular complexity index is 708. The number of nitrogens with zero attached hydrogens (tertiary/aromatic N) is 3. The number of piperidine rings is 1. The third kappa shape index (κ3) is 6.07. The molecule has 3 rings (SSSR count). The Morgan fingerprint density at radius 1 is 1.30 bits per heavy atom. The largest absolute Gasteiger partial charge is 0.348 e. The molecule has 1 amide bonds. The van der Waals surface area contributed by atoms with Gasteiger partial charge in [0, 0.05) is 37.0 Å². The molecule has 146 valence electrons. The van der Waals surface area contributed by atoms with E-state index in [0.717, 1.165) is 47.9 Å². The summed E-state index contributed by atoms with van der Waals surface area (Å²) in [5, 5.41) is 10.6. The van der Waals surface area contributed by atoms with Crippen molar-refractivity contribution in [2.45, 2.75) is 44.1 Å². The molecule has 6 nitrogen and oxygen atoms in total. The number of hydrogen-bond donors (Lipinski definition) is 2. The van der Waals surface area contributed by atoms with Crippen molar-refractivity contribution in [1.29, 1.82) is 0 Å². The maximum atomic E-state index is 12.5. The Balaban J connectivity index is 1.47. The van der Waals surface area contributed by atoms with Crippen LogP contribution >= 0.6 is 11.8 Å². The van der Waals surface area contributed by atoms with Crippen LogP contribution in [0.3, 0.4) is 0 Å². The van der Waals surface area contributed by atoms with E-state index in [4.69, 9.17) is 0 Å². The molecule has 3 unspecified atom stereocenters. The number of benzene rings is 1. The zero-order chi connectivity index (χ0) is 19.2. The molecule has 0 bridgehead atoms. The van der Waals surface area contributed by atoms with Crippen LogP contribution in [0.1, 0.15) is 43.1 Å². The first kappa shape index (κ1) is 19.9. The number of aromatic nitrogens is 3. The number of rotatable bonds is 7. The van der Waals surface area contributed by atoms with Crippen LogP contribution in [-0.2, 0) is 5.75 Å². The lowest BCUT2D eigenvalue weighted by atomic mass is 9.92. The summed E-state index contributed by atoms with van der Waals surface area (Å²) >= 11 is 1.59. The molecule has 7 heteroatoms. The molecule has 1 aromatic carbocycles. The monoisotopic (exact) mass is 387 g/mol. The molecule has 0 saturated carbocycles. The molecule has 2 N–H and O–H groups in total. The van der Waals surface area contributed by atoms with Crippen molar-refractivity contribution in [3.63, 3.8) is 0 Å². The van der Waals surface area contributed by atoms with E-state index in [1.165, 1.54) is 12.7 Å². The van der Waals surface area contributed by atoms with Crippen LogP contribution in [0.4, 0.5) is 0 Å². The Kier molecular flexibility index (Phi) is 6.90. The highest BCUT2D eigenvalue weighted by Gasteiger charge is 2.23. The minimum absolute atomic E-state index is 0.00459. The highest BCUT2D eigenvalue weighted by molar-refractivity contribution is 7.98. The standard InChI is InChI=1S/C20H29N5OS/c1-14-8-15(2)10-25(9-14)11-16(3)23-19(26)18-6-4-17(5-7-18)12-27-20-21-13-22-24-20/h4-7,13-16H,8-12H2,1-3H3,(H,23,26)(H,21,22,24). The van der Waals surface area contributed by atoms with Crippen molar-refractivity contribution in [3.8, 4) is 0 Å². The van der Waals surface area contributed by atoms with E-state index < -0.39 is 0 Å². The molecular formula is C20H29N5OS. The highest BCUT2D eigenvalue weighted by atomic mass is 32.2. The highest BCUT2D eigenvalue weighted by Crippen LogP contribution is 2.21. The van der Waals surface area contributed by atoms with Gasteiger partial charge < -0.3 is 10.2 Å². The fraction of sp³-hybridized carbons (Fsp3) is 0.550. The van der Waals surface area contributed by atoms with Gasteiger partial charge in [-0.25, -0.2) is 4.98 Å². The lowest BCUT2D eigenvalue weighted by Crippen LogP contribution is -2.47. The van der Waals surface area contributed by atoms with Gasteiger partial charge in [0.05, 0.1) is 0 Å². The minimum atomic E-state index is -0.00459. The van der Waals surface area contributed by atoms with E-state index in [1.807, 2.05) is 24.3 Å². The molecule has 1 aliphatic heterocycles. The molecule has 27 heavy (non-hydrogen) atoms. The van der Waals surface area contributed by atoms with E-state index in [0.29, 0.717) is 5.56 Å². The third-order valence-electron chi connectivity index (χ3n) is 4.84. The Labute approximate surface area is 165 Å². The number of nitrogens with one attached hydrogen (secondary N) is 2. The van der Waals surface area contributed by atoms with Crippen molar-refractivity contribution in [2.75, 3.05) is 19.6 Å². The second kappa shape index (κ2) is 9.37. The van der Waals surface area contributed by atoms with E-state index in [1.54, 1.807) is 11.8 Å². The Morgan fingerprint density at radius 3 is 2.63 bits per heavy atom. The van der Waals surface area contributed by atoms with Gasteiger partial charge in [-0.3, -0.25) is 9.89 Å². The first-order valence-electron chi connectivity index (χ1n) is 9.60. The van der Waals surface area contributed by atoms with Crippen LogP contribution in [0.15, 0.2) is 35.7 Å². The molecule has 0 aliphatic carbocycles. The van der Waals surface area contributed by atoms with Crippen LogP contribution in [0, 0.1) is 11.8 Å². The number of aromatic amines is 1. The average Bonchev–Trinajstić information content (AvgIpc) is 3.13. The molecule has 0 spiro atoms. The van der Waals surface area contributed by atoms with Gasteiger partial charge in [0.25, 0.3) is 5.91 Å². The van der Waals surface area contributed by atoms with Crippen molar-refractivity contribution in [1.82, 2.24) is 25.4 Å². The smallest absolute Gasteiger partial charge is 0.251 e. The first-order chi connectivity index (χ1) is 13.0. The van der Waals surface area contributed by atoms with E-state index in [9.17, 15) is 4.79 Å². The molecule has 2 heterocycles. The first-order valence-corrected chi connectivity index (χ1v) is 10.6. The van der Waals surface area contributed by atoms with Crippen molar-refractivity contribution in [3.05, 3.63) is 41.7 Å². The summed E-state index contributed by atoms with van der Waals surface area (Å²) in [4.78, 5) is 19.1. The van der Waals surface area contributed by atoms with Gasteiger partial charge in [-0.1, -0.05) is 37.7 Å². The fourth-order valence-electron chi connectivity index (χ4n) is 3.85. The number of hydrogen-bond acceptors (Lipinski definition) is 5. The Morgan fingerprint density at radius 2 is 2.00 bits per heavy atom.